The monoisotopic (exact) mass is 263 g/mol. The van der Waals surface area contributed by atoms with Crippen molar-refractivity contribution in [3.05, 3.63) is 34.2 Å². The molecule has 0 aliphatic rings. The topological polar surface area (TPSA) is 117 Å². The van der Waals surface area contributed by atoms with Crippen LogP contribution in [-0.4, -0.2) is 22.1 Å². The zero-order valence-corrected chi connectivity index (χ0v) is 9.76. The Morgan fingerprint density at radius 1 is 1.26 bits per heavy atom. The Hall–Kier alpha value is -2.83. The van der Waals surface area contributed by atoms with Crippen LogP contribution in [0.3, 0.4) is 0 Å². The van der Waals surface area contributed by atoms with E-state index in [2.05, 4.69) is 0 Å². The van der Waals surface area contributed by atoms with Crippen LogP contribution < -0.4 is 10.9 Å². The smallest absolute Gasteiger partial charge is 0.394 e. The highest BCUT2D eigenvalue weighted by atomic mass is 16.4. The van der Waals surface area contributed by atoms with E-state index >= 15 is 0 Å². The number of nitrogens with one attached hydrogen (secondary N) is 1. The highest BCUT2D eigenvalue weighted by Crippen LogP contribution is 2.30. The normalized spacial score (nSPS) is 10.4. The maximum atomic E-state index is 11.2. The molecule has 1 heterocycles. The third-order valence-corrected chi connectivity index (χ3v) is 2.51. The third kappa shape index (κ3) is 2.39. The lowest BCUT2D eigenvalue weighted by Gasteiger charge is -2.07. The minimum atomic E-state index is -1.67. The molecule has 0 aliphatic heterocycles. The number of amides is 1. The van der Waals surface area contributed by atoms with Gasteiger partial charge in [-0.05, 0) is 18.6 Å². The number of hydrogen-bond acceptors (Lipinski definition) is 5. The van der Waals surface area contributed by atoms with Crippen LogP contribution in [-0.2, 0) is 9.59 Å². The summed E-state index contributed by atoms with van der Waals surface area (Å²) in [6.45, 7) is 1.65. The van der Waals surface area contributed by atoms with Gasteiger partial charge in [-0.3, -0.25) is 4.79 Å². The summed E-state index contributed by atoms with van der Waals surface area (Å²) in [6, 6.07) is 3.73. The Kier molecular flexibility index (Phi) is 2.95. The molecule has 1 amide bonds. The van der Waals surface area contributed by atoms with Crippen LogP contribution in [0.15, 0.2) is 27.4 Å². The minimum Gasteiger partial charge on any atom is -0.506 e. The Bertz CT molecular complexity index is 746. The maximum Gasteiger partial charge on any atom is 0.394 e. The van der Waals surface area contributed by atoms with Crippen LogP contribution in [0.2, 0.25) is 0 Å². The second kappa shape index (κ2) is 4.45. The van der Waals surface area contributed by atoms with Gasteiger partial charge in [0.1, 0.15) is 11.3 Å². The molecular weight excluding hydrogens is 254 g/mol. The van der Waals surface area contributed by atoms with Crippen molar-refractivity contribution >= 4 is 28.5 Å². The molecule has 7 heteroatoms. The predicted octanol–water partition coefficient (Wildman–Crippen LogP) is 0.830. The van der Waals surface area contributed by atoms with E-state index in [1.807, 2.05) is 5.32 Å². The highest BCUT2D eigenvalue weighted by molar-refractivity contribution is 6.36. The van der Waals surface area contributed by atoms with Gasteiger partial charge >= 0.3 is 17.5 Å². The van der Waals surface area contributed by atoms with Crippen LogP contribution in [0.1, 0.15) is 5.56 Å². The second-order valence-electron chi connectivity index (χ2n) is 3.87. The van der Waals surface area contributed by atoms with Crippen molar-refractivity contribution < 1.29 is 24.2 Å². The van der Waals surface area contributed by atoms with E-state index in [0.29, 0.717) is 10.9 Å². The Labute approximate surface area is 106 Å². The van der Waals surface area contributed by atoms with Gasteiger partial charge in [0.15, 0.2) is 0 Å². The number of carbonyl (C=O) groups is 2. The number of anilines is 1. The number of carbonyl (C=O) groups excluding carboxylic acids is 1. The summed E-state index contributed by atoms with van der Waals surface area (Å²) in [5.74, 6) is -3.34. The molecule has 2 rings (SSSR count). The number of aliphatic carboxylic acids is 1. The zero-order chi connectivity index (χ0) is 14.2. The SMILES string of the molecule is Cc1cc(=O)oc2cc(O)c(NC(=O)C(=O)O)cc12. The molecule has 98 valence electrons. The molecule has 0 bridgehead atoms. The molecule has 1 aromatic carbocycles. The molecule has 3 N–H and O–H groups in total. The van der Waals surface area contributed by atoms with E-state index in [4.69, 9.17) is 9.52 Å². The number of phenols is 1. The number of rotatable bonds is 1. The second-order valence-corrected chi connectivity index (χ2v) is 3.87. The van der Waals surface area contributed by atoms with Gasteiger partial charge < -0.3 is 19.9 Å². The lowest BCUT2D eigenvalue weighted by Crippen LogP contribution is -2.21. The first-order chi connectivity index (χ1) is 8.88. The molecule has 2 aromatic rings. The predicted molar refractivity (Wildman–Crippen MR) is 65.2 cm³/mol. The van der Waals surface area contributed by atoms with Crippen LogP contribution in [0.5, 0.6) is 5.75 Å². The highest BCUT2D eigenvalue weighted by Gasteiger charge is 2.15. The summed E-state index contributed by atoms with van der Waals surface area (Å²) in [5.41, 5.74) is 0.0940. The number of phenolic OH excluding ortho intramolecular Hbond substituents is 1. The summed E-state index contributed by atoms with van der Waals surface area (Å²) < 4.78 is 4.89. The van der Waals surface area contributed by atoms with Crippen LogP contribution in [0.25, 0.3) is 11.0 Å². The number of benzene rings is 1. The zero-order valence-electron chi connectivity index (χ0n) is 9.76. The standard InChI is InChI=1S/C12H9NO6/c1-5-2-10(15)19-9-4-8(14)7(3-6(5)9)13-11(16)12(17)18/h2-4,14H,1H3,(H,13,16)(H,17,18). The molecule has 19 heavy (non-hydrogen) atoms. The third-order valence-electron chi connectivity index (χ3n) is 2.51. The summed E-state index contributed by atoms with van der Waals surface area (Å²) in [6.07, 6.45) is 0. The van der Waals surface area contributed by atoms with Crippen molar-refractivity contribution in [2.75, 3.05) is 5.32 Å². The van der Waals surface area contributed by atoms with E-state index in [1.54, 1.807) is 6.92 Å². The van der Waals surface area contributed by atoms with E-state index in [9.17, 15) is 19.5 Å². The fourth-order valence-corrected chi connectivity index (χ4v) is 1.63. The summed E-state index contributed by atoms with van der Waals surface area (Å²) in [4.78, 5) is 32.7. The van der Waals surface area contributed by atoms with Gasteiger partial charge in [0, 0.05) is 17.5 Å². The summed E-state index contributed by atoms with van der Waals surface area (Å²) in [7, 11) is 0. The van der Waals surface area contributed by atoms with Crippen LogP contribution in [0.4, 0.5) is 5.69 Å². The Balaban J connectivity index is 2.58. The van der Waals surface area contributed by atoms with Crippen LogP contribution in [0, 0.1) is 6.92 Å². The quantitative estimate of drug-likeness (QED) is 0.398. The van der Waals surface area contributed by atoms with Gasteiger partial charge in [0.05, 0.1) is 5.69 Å². The number of fused-ring (bicyclic) bond motifs is 1. The van der Waals surface area contributed by atoms with Gasteiger partial charge in [-0.25, -0.2) is 9.59 Å². The molecule has 7 nitrogen and oxygen atoms in total. The average Bonchev–Trinajstić information content (AvgIpc) is 2.30. The Morgan fingerprint density at radius 2 is 1.95 bits per heavy atom. The van der Waals surface area contributed by atoms with Crippen molar-refractivity contribution in [3.8, 4) is 5.75 Å². The van der Waals surface area contributed by atoms with Crippen molar-refractivity contribution in [1.82, 2.24) is 0 Å². The van der Waals surface area contributed by atoms with Gasteiger partial charge in [-0.2, -0.15) is 0 Å². The fourth-order valence-electron chi connectivity index (χ4n) is 1.63. The van der Waals surface area contributed by atoms with Gasteiger partial charge in [0.25, 0.3) is 0 Å². The molecule has 1 aromatic heterocycles. The first-order valence-electron chi connectivity index (χ1n) is 5.20. The number of aromatic hydroxyl groups is 1. The summed E-state index contributed by atoms with van der Waals surface area (Å²) >= 11 is 0. The fraction of sp³-hybridized carbons (Fsp3) is 0.0833. The largest absolute Gasteiger partial charge is 0.506 e. The van der Waals surface area contributed by atoms with Gasteiger partial charge in [0.2, 0.25) is 0 Å². The molecule has 0 fully saturated rings. The maximum absolute atomic E-state index is 11.2. The van der Waals surface area contributed by atoms with Gasteiger partial charge in [-0.1, -0.05) is 0 Å². The number of hydrogen-bond donors (Lipinski definition) is 3. The number of carboxylic acid groups (broad SMARTS) is 1. The van der Waals surface area contributed by atoms with Crippen molar-refractivity contribution in [2.45, 2.75) is 6.92 Å². The van der Waals surface area contributed by atoms with Gasteiger partial charge in [-0.15, -0.1) is 0 Å². The van der Waals surface area contributed by atoms with Crippen molar-refractivity contribution in [3.63, 3.8) is 0 Å². The molecule has 0 spiro atoms. The van der Waals surface area contributed by atoms with E-state index in [1.165, 1.54) is 12.1 Å². The molecule has 0 atom stereocenters. The minimum absolute atomic E-state index is 0.0724. The molecule has 0 saturated carbocycles. The first-order valence-corrected chi connectivity index (χ1v) is 5.20. The molecular formula is C12H9NO6. The van der Waals surface area contributed by atoms with Crippen molar-refractivity contribution in [2.24, 2.45) is 0 Å². The van der Waals surface area contributed by atoms with E-state index in [0.717, 1.165) is 6.07 Å². The molecule has 0 radical (unpaired) electrons. The average molecular weight is 263 g/mol. The number of carboxylic acids is 1. The Morgan fingerprint density at radius 3 is 2.58 bits per heavy atom. The van der Waals surface area contributed by atoms with E-state index < -0.39 is 23.3 Å². The number of aryl methyl sites for hydroxylation is 1. The van der Waals surface area contributed by atoms with Crippen molar-refractivity contribution in [1.29, 1.82) is 0 Å². The van der Waals surface area contributed by atoms with Crippen LogP contribution >= 0.6 is 0 Å². The lowest BCUT2D eigenvalue weighted by molar-refractivity contribution is -0.147. The lowest BCUT2D eigenvalue weighted by atomic mass is 10.1. The summed E-state index contributed by atoms with van der Waals surface area (Å²) in [5, 5.41) is 20.7. The first kappa shape index (κ1) is 12.6. The molecule has 0 saturated heterocycles. The molecule has 0 unspecified atom stereocenters. The molecule has 0 aliphatic carbocycles. The van der Waals surface area contributed by atoms with E-state index in [-0.39, 0.29) is 11.3 Å².